The number of aryl methyl sites for hydroxylation is 1. The highest BCUT2D eigenvalue weighted by atomic mass is 32.1. The van der Waals surface area contributed by atoms with Crippen molar-refractivity contribution in [2.75, 3.05) is 64.8 Å². The van der Waals surface area contributed by atoms with Crippen LogP contribution in [-0.2, 0) is 6.42 Å². The van der Waals surface area contributed by atoms with Gasteiger partial charge in [-0.1, -0.05) is 25.8 Å². The number of benzene rings is 1. The normalized spacial score (nSPS) is 17.6. The molecule has 2 amide bonds. The molecule has 0 aliphatic carbocycles. The minimum Gasteiger partial charge on any atom is -0.496 e. The Bertz CT molecular complexity index is 920. The number of unbranched alkanes of at least 4 members (excludes halogenated alkanes) is 1. The number of aromatic nitrogens is 1. The SMILES string of the molecule is CCCCc1ccc(OC)c(-c2csc(NC(=O)N3CCN(CCN4CCCCC4)CC3)n2)c1. The molecule has 3 heterocycles. The molecular weight excluding hydrogens is 446 g/mol. The molecule has 7 nitrogen and oxygen atoms in total. The molecule has 2 fully saturated rings. The summed E-state index contributed by atoms with van der Waals surface area (Å²) in [6.07, 6.45) is 7.43. The Kier molecular flexibility index (Phi) is 9.18. The second-order valence-corrected chi connectivity index (χ2v) is 10.2. The van der Waals surface area contributed by atoms with Crippen molar-refractivity contribution in [3.63, 3.8) is 0 Å². The van der Waals surface area contributed by atoms with Crippen molar-refractivity contribution < 1.29 is 9.53 Å². The van der Waals surface area contributed by atoms with Gasteiger partial charge in [0.15, 0.2) is 5.13 Å². The number of hydrogen-bond donors (Lipinski definition) is 1. The monoisotopic (exact) mass is 485 g/mol. The fourth-order valence-corrected chi connectivity index (χ4v) is 5.46. The van der Waals surface area contributed by atoms with Gasteiger partial charge in [-0.05, 0) is 56.5 Å². The first kappa shape index (κ1) is 24.9. The van der Waals surface area contributed by atoms with Crippen molar-refractivity contribution in [1.29, 1.82) is 0 Å². The molecule has 0 saturated carbocycles. The number of hydrogen-bond acceptors (Lipinski definition) is 6. The zero-order valence-corrected chi connectivity index (χ0v) is 21.5. The number of amides is 2. The number of ether oxygens (including phenoxy) is 1. The first-order valence-electron chi connectivity index (χ1n) is 12.8. The summed E-state index contributed by atoms with van der Waals surface area (Å²) in [5.74, 6) is 0.809. The van der Waals surface area contributed by atoms with Crippen LogP contribution in [0.2, 0.25) is 0 Å². The molecule has 2 aliphatic heterocycles. The fourth-order valence-electron chi connectivity index (χ4n) is 4.76. The number of rotatable bonds is 9. The number of carbonyl (C=O) groups excluding carboxylic acids is 1. The Balaban J connectivity index is 1.28. The summed E-state index contributed by atoms with van der Waals surface area (Å²) < 4.78 is 5.57. The standard InChI is InChI=1S/C26H39N5O2S/c1-3-4-8-21-9-10-24(33-2)22(19-21)23-20-34-25(27-23)28-26(32)31-17-15-30(16-18-31)14-13-29-11-6-5-7-12-29/h9-10,19-20H,3-8,11-18H2,1-2H3,(H,27,28,32). The second-order valence-electron chi connectivity index (χ2n) is 9.34. The number of nitrogens with one attached hydrogen (secondary N) is 1. The predicted octanol–water partition coefficient (Wildman–Crippen LogP) is 4.80. The van der Waals surface area contributed by atoms with E-state index in [0.717, 1.165) is 69.1 Å². The van der Waals surface area contributed by atoms with Crippen LogP contribution in [-0.4, -0.2) is 85.2 Å². The van der Waals surface area contributed by atoms with Gasteiger partial charge in [0.2, 0.25) is 0 Å². The molecule has 4 rings (SSSR count). The van der Waals surface area contributed by atoms with E-state index >= 15 is 0 Å². The molecule has 8 heteroatoms. The quantitative estimate of drug-likeness (QED) is 0.553. The number of piperidine rings is 1. The molecule has 34 heavy (non-hydrogen) atoms. The molecule has 2 saturated heterocycles. The highest BCUT2D eigenvalue weighted by Gasteiger charge is 2.23. The zero-order valence-electron chi connectivity index (χ0n) is 20.7. The van der Waals surface area contributed by atoms with Crippen molar-refractivity contribution in [3.8, 4) is 17.0 Å². The van der Waals surface area contributed by atoms with Crippen molar-refractivity contribution in [2.45, 2.75) is 45.4 Å². The summed E-state index contributed by atoms with van der Waals surface area (Å²) >= 11 is 1.46. The highest BCUT2D eigenvalue weighted by Crippen LogP contribution is 2.33. The lowest BCUT2D eigenvalue weighted by molar-refractivity contribution is 0.128. The van der Waals surface area contributed by atoms with E-state index in [9.17, 15) is 4.79 Å². The molecule has 2 aliphatic rings. The van der Waals surface area contributed by atoms with E-state index in [1.165, 1.54) is 55.7 Å². The maximum absolute atomic E-state index is 12.9. The maximum Gasteiger partial charge on any atom is 0.323 e. The van der Waals surface area contributed by atoms with Gasteiger partial charge in [-0.3, -0.25) is 10.2 Å². The number of anilines is 1. The van der Waals surface area contributed by atoms with Gasteiger partial charge in [0.05, 0.1) is 12.8 Å². The van der Waals surface area contributed by atoms with Gasteiger partial charge < -0.3 is 14.5 Å². The minimum atomic E-state index is -0.0553. The van der Waals surface area contributed by atoms with E-state index in [-0.39, 0.29) is 6.03 Å². The molecule has 1 aromatic carbocycles. The molecule has 0 atom stereocenters. The van der Waals surface area contributed by atoms with Crippen LogP contribution in [0.4, 0.5) is 9.93 Å². The summed E-state index contributed by atoms with van der Waals surface area (Å²) in [4.78, 5) is 24.5. The Morgan fingerprint density at radius 3 is 2.50 bits per heavy atom. The molecular formula is C26H39N5O2S. The fraction of sp³-hybridized carbons (Fsp3) is 0.615. The Morgan fingerprint density at radius 1 is 1.06 bits per heavy atom. The number of urea groups is 1. The van der Waals surface area contributed by atoms with Crippen molar-refractivity contribution in [1.82, 2.24) is 19.7 Å². The van der Waals surface area contributed by atoms with E-state index in [1.807, 2.05) is 16.3 Å². The van der Waals surface area contributed by atoms with Gasteiger partial charge in [0.1, 0.15) is 5.75 Å². The van der Waals surface area contributed by atoms with Crippen molar-refractivity contribution >= 4 is 22.5 Å². The summed E-state index contributed by atoms with van der Waals surface area (Å²) in [6.45, 7) is 10.3. The van der Waals surface area contributed by atoms with Gasteiger partial charge >= 0.3 is 6.03 Å². The van der Waals surface area contributed by atoms with E-state index in [0.29, 0.717) is 5.13 Å². The summed E-state index contributed by atoms with van der Waals surface area (Å²) in [5, 5.41) is 5.64. The highest BCUT2D eigenvalue weighted by molar-refractivity contribution is 7.14. The Hall–Kier alpha value is -2.16. The third-order valence-electron chi connectivity index (χ3n) is 6.92. The molecule has 2 aromatic rings. The maximum atomic E-state index is 12.9. The van der Waals surface area contributed by atoms with Gasteiger partial charge in [-0.15, -0.1) is 11.3 Å². The van der Waals surface area contributed by atoms with Crippen LogP contribution in [0.25, 0.3) is 11.3 Å². The lowest BCUT2D eigenvalue weighted by Crippen LogP contribution is -2.51. The number of thiazole rings is 1. The van der Waals surface area contributed by atoms with E-state index in [2.05, 4.69) is 34.2 Å². The third kappa shape index (κ3) is 6.71. The molecule has 0 spiro atoms. The van der Waals surface area contributed by atoms with Gasteiger partial charge in [0, 0.05) is 50.2 Å². The summed E-state index contributed by atoms with van der Waals surface area (Å²) in [6, 6.07) is 6.25. The van der Waals surface area contributed by atoms with Crippen LogP contribution in [0.1, 0.15) is 44.6 Å². The molecule has 0 unspecified atom stereocenters. The third-order valence-corrected chi connectivity index (χ3v) is 7.68. The average molecular weight is 486 g/mol. The van der Waals surface area contributed by atoms with Crippen LogP contribution in [0.3, 0.4) is 0 Å². The second kappa shape index (κ2) is 12.5. The topological polar surface area (TPSA) is 60.9 Å². The van der Waals surface area contributed by atoms with Gasteiger partial charge in [-0.25, -0.2) is 9.78 Å². The van der Waals surface area contributed by atoms with Gasteiger partial charge in [0.25, 0.3) is 0 Å². The molecule has 0 bridgehead atoms. The zero-order chi connectivity index (χ0) is 23.8. The molecule has 0 radical (unpaired) electrons. The lowest BCUT2D eigenvalue weighted by atomic mass is 10.0. The van der Waals surface area contributed by atoms with Crippen molar-refractivity contribution in [2.24, 2.45) is 0 Å². The van der Waals surface area contributed by atoms with Crippen molar-refractivity contribution in [3.05, 3.63) is 29.1 Å². The van der Waals surface area contributed by atoms with Crippen LogP contribution in [0.5, 0.6) is 5.75 Å². The molecule has 186 valence electrons. The van der Waals surface area contributed by atoms with Crippen LogP contribution < -0.4 is 10.1 Å². The largest absolute Gasteiger partial charge is 0.496 e. The summed E-state index contributed by atoms with van der Waals surface area (Å²) in [5.41, 5.74) is 3.11. The number of methoxy groups -OCH3 is 1. The van der Waals surface area contributed by atoms with Gasteiger partial charge in [-0.2, -0.15) is 0 Å². The lowest BCUT2D eigenvalue weighted by Gasteiger charge is -2.36. The number of nitrogens with zero attached hydrogens (tertiary/aromatic N) is 4. The minimum absolute atomic E-state index is 0.0553. The number of piperazine rings is 1. The smallest absolute Gasteiger partial charge is 0.323 e. The van der Waals surface area contributed by atoms with Crippen LogP contribution in [0.15, 0.2) is 23.6 Å². The first-order chi connectivity index (χ1) is 16.7. The van der Waals surface area contributed by atoms with E-state index in [1.54, 1.807) is 7.11 Å². The molecule has 1 aromatic heterocycles. The van der Waals surface area contributed by atoms with Crippen LogP contribution in [0, 0.1) is 0 Å². The first-order valence-corrected chi connectivity index (χ1v) is 13.7. The molecule has 1 N–H and O–H groups in total. The van der Waals surface area contributed by atoms with E-state index < -0.39 is 0 Å². The number of carbonyl (C=O) groups is 1. The average Bonchev–Trinajstić information content (AvgIpc) is 3.35. The number of likely N-dealkylation sites (tertiary alicyclic amines) is 1. The van der Waals surface area contributed by atoms with E-state index in [4.69, 9.17) is 9.72 Å². The summed E-state index contributed by atoms with van der Waals surface area (Å²) in [7, 11) is 1.69. The Morgan fingerprint density at radius 2 is 1.79 bits per heavy atom. The Labute approximate surface area is 208 Å². The predicted molar refractivity (Wildman–Crippen MR) is 140 cm³/mol. The van der Waals surface area contributed by atoms with Crippen LogP contribution >= 0.6 is 11.3 Å².